The van der Waals surface area contributed by atoms with Crippen molar-refractivity contribution in [3.8, 4) is 0 Å². The Hall–Kier alpha value is -4.72. The van der Waals surface area contributed by atoms with Gasteiger partial charge >= 0.3 is 11.9 Å². The van der Waals surface area contributed by atoms with Crippen LogP contribution < -0.4 is 30.8 Å². The zero-order chi connectivity index (χ0) is 43.9. The Morgan fingerprint density at radius 1 is 1.03 bits per heavy atom. The van der Waals surface area contributed by atoms with Gasteiger partial charge in [-0.15, -0.1) is 0 Å². The number of imide groups is 1. The minimum atomic E-state index is -4.55. The third-order valence-corrected chi connectivity index (χ3v) is 13.8. The van der Waals surface area contributed by atoms with Crippen LogP contribution in [0.5, 0.6) is 0 Å². The highest BCUT2D eigenvalue weighted by molar-refractivity contribution is 7.97. The highest BCUT2D eigenvalue weighted by Gasteiger charge is 2.38. The van der Waals surface area contributed by atoms with Crippen LogP contribution in [-0.2, 0) is 27.5 Å². The quantitative estimate of drug-likeness (QED) is 0.0789. The molecule has 0 spiro atoms. The van der Waals surface area contributed by atoms with E-state index in [2.05, 4.69) is 37.3 Å². The molecule has 1 aliphatic carbocycles. The number of alkyl halides is 3. The van der Waals surface area contributed by atoms with Crippen LogP contribution in [0.1, 0.15) is 75.5 Å². The van der Waals surface area contributed by atoms with Crippen LogP contribution in [0.25, 0.3) is 11.0 Å². The van der Waals surface area contributed by atoms with Crippen molar-refractivity contribution in [2.45, 2.75) is 101 Å². The van der Waals surface area contributed by atoms with Gasteiger partial charge in [0.25, 0.3) is 0 Å². The summed E-state index contributed by atoms with van der Waals surface area (Å²) in [5.41, 5.74) is 1.23. The molecule has 3 saturated heterocycles. The third kappa shape index (κ3) is 9.31. The first-order valence-electron chi connectivity index (χ1n) is 21.4. The number of amides is 2. The molecule has 19 heteroatoms. The number of ether oxygens (including phenoxy) is 1. The number of rotatable bonds is 13. The van der Waals surface area contributed by atoms with Crippen LogP contribution in [0.15, 0.2) is 46.2 Å². The molecule has 0 bridgehead atoms. The molecular formula is C43H54F4N10O4S. The van der Waals surface area contributed by atoms with E-state index in [-0.39, 0.29) is 48.1 Å². The number of hydrogen-bond donors (Lipinski definition) is 3. The van der Waals surface area contributed by atoms with Crippen molar-refractivity contribution in [3.05, 3.63) is 64.0 Å². The fraction of sp³-hybridized carbons (Fsp3) is 0.558. The molecule has 5 heterocycles. The Morgan fingerprint density at radius 2 is 1.81 bits per heavy atom. The average molecular weight is 883 g/mol. The van der Waals surface area contributed by atoms with E-state index in [1.165, 1.54) is 16.2 Å². The predicted octanol–water partition coefficient (Wildman–Crippen LogP) is 6.30. The Morgan fingerprint density at radius 3 is 2.52 bits per heavy atom. The molecule has 4 fully saturated rings. The lowest BCUT2D eigenvalue weighted by atomic mass is 9.90. The molecule has 2 unspecified atom stereocenters. The van der Waals surface area contributed by atoms with Crippen LogP contribution in [0.4, 0.5) is 40.7 Å². The number of carbonyl (C=O) groups is 2. The molecule has 3 N–H and O–H groups in total. The number of nitrogens with one attached hydrogen (secondary N) is 3. The molecule has 2 amide bonds. The van der Waals surface area contributed by atoms with Crippen molar-refractivity contribution >= 4 is 57.9 Å². The molecule has 4 aromatic rings. The number of piperidine rings is 3. The van der Waals surface area contributed by atoms with Gasteiger partial charge in [-0.2, -0.15) is 18.2 Å². The molecule has 334 valence electrons. The number of carbonyl (C=O) groups excluding carboxylic acids is 2. The van der Waals surface area contributed by atoms with Gasteiger partial charge in [0.1, 0.15) is 22.9 Å². The summed E-state index contributed by atoms with van der Waals surface area (Å²) >= 11 is 1.54. The SMILES string of the molecule is Cc1cc(SNC2CC(OCCN(C)C3CCN(c4ccc5c(c4F)n(C)c(=O)n5C4CCC(=O)NC4=O)CC3)C2)ccc1Nc1ncc(C(F)(F)F)c(N2CCCC(C)C2)n1. The van der Waals surface area contributed by atoms with Crippen LogP contribution in [-0.4, -0.2) is 100 Å². The van der Waals surface area contributed by atoms with Gasteiger partial charge in [0.15, 0.2) is 5.82 Å². The number of benzene rings is 2. The number of fused-ring (bicyclic) bond motifs is 1. The first-order chi connectivity index (χ1) is 29.6. The molecule has 2 aromatic heterocycles. The van der Waals surface area contributed by atoms with Gasteiger partial charge < -0.3 is 24.8 Å². The van der Waals surface area contributed by atoms with E-state index >= 15 is 4.39 Å². The molecule has 2 aromatic carbocycles. The van der Waals surface area contributed by atoms with Crippen molar-refractivity contribution in [2.75, 3.05) is 61.5 Å². The van der Waals surface area contributed by atoms with Crippen molar-refractivity contribution in [1.82, 2.24) is 34.0 Å². The first-order valence-corrected chi connectivity index (χ1v) is 22.2. The van der Waals surface area contributed by atoms with E-state index in [0.29, 0.717) is 56.1 Å². The van der Waals surface area contributed by atoms with Crippen molar-refractivity contribution in [1.29, 1.82) is 0 Å². The average Bonchev–Trinajstić information content (AvgIpc) is 3.48. The minimum absolute atomic E-state index is 0.0762. The number of aryl methyl sites for hydroxylation is 2. The number of likely N-dealkylation sites (N-methyl/N-ethyl adjacent to an activating group) is 1. The van der Waals surface area contributed by atoms with E-state index in [1.54, 1.807) is 29.0 Å². The lowest BCUT2D eigenvalue weighted by Crippen LogP contribution is -2.46. The number of nitrogens with zero attached hydrogens (tertiary/aromatic N) is 7. The van der Waals surface area contributed by atoms with Crippen LogP contribution in [0, 0.1) is 18.7 Å². The summed E-state index contributed by atoms with van der Waals surface area (Å²) in [5, 5.41) is 5.42. The number of imidazole rings is 1. The molecule has 0 radical (unpaired) electrons. The molecule has 4 aliphatic rings. The van der Waals surface area contributed by atoms with E-state index in [0.717, 1.165) is 67.4 Å². The summed E-state index contributed by atoms with van der Waals surface area (Å²) in [4.78, 5) is 52.9. The lowest BCUT2D eigenvalue weighted by molar-refractivity contribution is -0.138. The maximum absolute atomic E-state index is 16.1. The topological polar surface area (TPSA) is 142 Å². The van der Waals surface area contributed by atoms with Gasteiger partial charge in [0.05, 0.1) is 23.9 Å². The number of anilines is 4. The molecule has 3 aliphatic heterocycles. The minimum Gasteiger partial charge on any atom is -0.377 e. The van der Waals surface area contributed by atoms with Crippen molar-refractivity contribution in [2.24, 2.45) is 13.0 Å². The van der Waals surface area contributed by atoms with E-state index in [9.17, 15) is 27.6 Å². The maximum Gasteiger partial charge on any atom is 0.421 e. The number of halogens is 4. The first kappa shape index (κ1) is 43.9. The molecule has 2 atom stereocenters. The molecule has 1 saturated carbocycles. The monoisotopic (exact) mass is 882 g/mol. The number of hydrogen-bond acceptors (Lipinski definition) is 12. The van der Waals surface area contributed by atoms with Crippen LogP contribution in [0.3, 0.4) is 0 Å². The van der Waals surface area contributed by atoms with E-state index < -0.39 is 35.2 Å². The third-order valence-electron chi connectivity index (χ3n) is 12.8. The smallest absolute Gasteiger partial charge is 0.377 e. The standard InChI is InChI=1S/C43H54F4N10O4S/c1-25-6-5-15-56(24-25)39-31(43(45,46)47)23-48-41(51-39)49-32-8-7-30(20-26(32)2)62-52-27-21-29(22-27)61-19-18-53(3)28-13-16-55(17-14-28)33-9-10-34-38(37(33)44)54(4)42(60)57(34)35-11-12-36(58)50-40(35)59/h7-10,20,23,25,27-29,35,52H,5-6,11-19,21-22,24H2,1-4H3,(H,48,49,51)(H,50,58,59). The molecule has 8 rings (SSSR count). The predicted molar refractivity (Wildman–Crippen MR) is 230 cm³/mol. The zero-order valence-electron chi connectivity index (χ0n) is 35.4. The van der Waals surface area contributed by atoms with Gasteiger partial charge in [-0.1, -0.05) is 6.92 Å². The maximum atomic E-state index is 16.1. The Kier molecular flexibility index (Phi) is 12.9. The second kappa shape index (κ2) is 18.2. The Labute approximate surface area is 361 Å². The van der Waals surface area contributed by atoms with Gasteiger partial charge in [-0.25, -0.2) is 14.2 Å². The Bertz CT molecular complexity index is 2360. The highest BCUT2D eigenvalue weighted by atomic mass is 32.2. The summed E-state index contributed by atoms with van der Waals surface area (Å²) in [6.07, 6.45) is 2.10. The number of aromatic nitrogens is 4. The summed E-state index contributed by atoms with van der Waals surface area (Å²) in [5.74, 6) is -1.08. The Balaban J connectivity index is 0.761. The highest BCUT2D eigenvalue weighted by Crippen LogP contribution is 2.38. The van der Waals surface area contributed by atoms with Crippen molar-refractivity contribution in [3.63, 3.8) is 0 Å². The second-order valence-electron chi connectivity index (χ2n) is 17.2. The lowest BCUT2D eigenvalue weighted by Gasteiger charge is -2.39. The van der Waals surface area contributed by atoms with E-state index in [1.807, 2.05) is 36.9 Å². The van der Waals surface area contributed by atoms with Crippen LogP contribution >= 0.6 is 11.9 Å². The normalized spacial score (nSPS) is 22.7. The van der Waals surface area contributed by atoms with Crippen molar-refractivity contribution < 1.29 is 31.9 Å². The summed E-state index contributed by atoms with van der Waals surface area (Å²) in [6, 6.07) is 9.00. The van der Waals surface area contributed by atoms with Gasteiger partial charge in [0.2, 0.25) is 17.8 Å². The largest absolute Gasteiger partial charge is 0.421 e. The summed E-state index contributed by atoms with van der Waals surface area (Å²) < 4.78 is 70.0. The summed E-state index contributed by atoms with van der Waals surface area (Å²) in [7, 11) is 3.60. The van der Waals surface area contributed by atoms with E-state index in [4.69, 9.17) is 4.74 Å². The van der Waals surface area contributed by atoms with Gasteiger partial charge in [-0.05, 0) is 113 Å². The van der Waals surface area contributed by atoms with Crippen LogP contribution in [0.2, 0.25) is 0 Å². The van der Waals surface area contributed by atoms with Gasteiger partial charge in [-0.3, -0.25) is 28.8 Å². The molecule has 14 nitrogen and oxygen atoms in total. The fourth-order valence-electron chi connectivity index (χ4n) is 9.15. The summed E-state index contributed by atoms with van der Waals surface area (Å²) in [6.45, 7) is 7.73. The molecule has 62 heavy (non-hydrogen) atoms. The zero-order valence-corrected chi connectivity index (χ0v) is 36.3. The fourth-order valence-corrected chi connectivity index (χ4v) is 10.0. The molecular weight excluding hydrogens is 829 g/mol. The van der Waals surface area contributed by atoms with Gasteiger partial charge in [0, 0.05) is 75.1 Å². The second-order valence-corrected chi connectivity index (χ2v) is 18.2.